The molecule has 1 aromatic carbocycles. The molecule has 0 aliphatic heterocycles. The minimum absolute atomic E-state index is 0.000926. The Hall–Kier alpha value is -2.17. The van der Waals surface area contributed by atoms with Gasteiger partial charge in [-0.05, 0) is 42.4 Å². The van der Waals surface area contributed by atoms with Crippen molar-refractivity contribution in [2.75, 3.05) is 13.7 Å². The monoisotopic (exact) mass is 317 g/mol. The van der Waals surface area contributed by atoms with Gasteiger partial charge in [-0.15, -0.1) is 0 Å². The van der Waals surface area contributed by atoms with Gasteiger partial charge in [-0.1, -0.05) is 12.1 Å². The summed E-state index contributed by atoms with van der Waals surface area (Å²) in [6.45, 7) is 2.22. The van der Waals surface area contributed by atoms with Crippen LogP contribution in [0.25, 0.3) is 0 Å². The van der Waals surface area contributed by atoms with Gasteiger partial charge in [-0.2, -0.15) is 0 Å². The topological polar surface area (TPSA) is 72.5 Å². The van der Waals surface area contributed by atoms with Gasteiger partial charge < -0.3 is 10.1 Å². The molecule has 0 heterocycles. The fourth-order valence-electron chi connectivity index (χ4n) is 3.00. The number of nitrogens with one attached hydrogen (secondary N) is 1. The van der Waals surface area contributed by atoms with Crippen LogP contribution in [0, 0.1) is 5.92 Å². The molecule has 1 unspecified atom stereocenters. The number of amides is 1. The van der Waals surface area contributed by atoms with Crippen LogP contribution in [0.15, 0.2) is 18.2 Å². The molecule has 0 fully saturated rings. The van der Waals surface area contributed by atoms with Crippen LogP contribution in [0.1, 0.15) is 47.7 Å². The van der Waals surface area contributed by atoms with Crippen LogP contribution >= 0.6 is 0 Å². The minimum Gasteiger partial charge on any atom is -0.469 e. The Morgan fingerprint density at radius 2 is 1.91 bits per heavy atom. The Labute approximate surface area is 136 Å². The van der Waals surface area contributed by atoms with Crippen LogP contribution in [-0.4, -0.2) is 31.3 Å². The maximum absolute atomic E-state index is 12.1. The van der Waals surface area contributed by atoms with Gasteiger partial charge in [-0.3, -0.25) is 14.4 Å². The lowest BCUT2D eigenvalue weighted by Gasteiger charge is -2.08. The highest BCUT2D eigenvalue weighted by molar-refractivity contribution is 5.97. The van der Waals surface area contributed by atoms with Crippen molar-refractivity contribution in [1.29, 1.82) is 0 Å². The van der Waals surface area contributed by atoms with Crippen LogP contribution in [0.3, 0.4) is 0 Å². The van der Waals surface area contributed by atoms with E-state index in [2.05, 4.69) is 10.1 Å². The van der Waals surface area contributed by atoms with Crippen LogP contribution in [0.5, 0.6) is 0 Å². The van der Waals surface area contributed by atoms with Crippen LogP contribution in [-0.2, 0) is 27.2 Å². The average Bonchev–Trinajstić information content (AvgIpc) is 2.93. The zero-order valence-corrected chi connectivity index (χ0v) is 13.7. The second kappa shape index (κ2) is 7.90. The highest BCUT2D eigenvalue weighted by Gasteiger charge is 2.22. The summed E-state index contributed by atoms with van der Waals surface area (Å²) in [5, 5.41) is 2.82. The molecule has 0 saturated heterocycles. The molecule has 0 aromatic heterocycles. The minimum atomic E-state index is -0.363. The molecule has 5 heteroatoms. The van der Waals surface area contributed by atoms with E-state index in [9.17, 15) is 14.4 Å². The van der Waals surface area contributed by atoms with Crippen molar-refractivity contribution in [1.82, 2.24) is 5.32 Å². The summed E-state index contributed by atoms with van der Waals surface area (Å²) >= 11 is 0. The van der Waals surface area contributed by atoms with Crippen molar-refractivity contribution in [3.8, 4) is 0 Å². The molecule has 1 aromatic rings. The number of esters is 1. The zero-order valence-electron chi connectivity index (χ0n) is 13.7. The van der Waals surface area contributed by atoms with Crippen molar-refractivity contribution < 1.29 is 19.1 Å². The van der Waals surface area contributed by atoms with Crippen LogP contribution in [0.4, 0.5) is 0 Å². The Morgan fingerprint density at radius 1 is 1.17 bits per heavy atom. The summed E-state index contributed by atoms with van der Waals surface area (Å²) < 4.78 is 4.56. The highest BCUT2D eigenvalue weighted by atomic mass is 16.5. The second-order valence-electron chi connectivity index (χ2n) is 6.03. The molecule has 0 radical (unpaired) electrons. The predicted octanol–water partition coefficient (Wildman–Crippen LogP) is 2.06. The zero-order chi connectivity index (χ0) is 16.8. The number of ketones is 1. The highest BCUT2D eigenvalue weighted by Crippen LogP contribution is 2.29. The quantitative estimate of drug-likeness (QED) is 0.617. The molecular formula is C18H23NO4. The largest absolute Gasteiger partial charge is 0.469 e. The van der Waals surface area contributed by atoms with E-state index < -0.39 is 0 Å². The molecular weight excluding hydrogens is 294 g/mol. The lowest BCUT2D eigenvalue weighted by Crippen LogP contribution is -2.23. The number of carbonyl (C=O) groups excluding carboxylic acids is 3. The molecule has 5 nitrogen and oxygen atoms in total. The molecule has 23 heavy (non-hydrogen) atoms. The first-order valence-electron chi connectivity index (χ1n) is 7.96. The Balaban J connectivity index is 1.90. The van der Waals surface area contributed by atoms with Gasteiger partial charge in [0.25, 0.3) is 0 Å². The van der Waals surface area contributed by atoms with E-state index in [0.29, 0.717) is 18.0 Å². The molecule has 124 valence electrons. The fraction of sp³-hybridized carbons (Fsp3) is 0.500. The van der Waals surface area contributed by atoms with E-state index in [1.807, 2.05) is 18.2 Å². The molecule has 2 rings (SSSR count). The fourth-order valence-corrected chi connectivity index (χ4v) is 3.00. The standard InChI is InChI=1S/C18H23NO4/c1-12(20)19-8-7-13-9-14-3-4-15(11-16(14)10-13)17(21)5-6-18(22)23-2/h3-4,11,13H,5-10H2,1-2H3,(H,19,20). The van der Waals surface area contributed by atoms with E-state index in [-0.39, 0.29) is 30.5 Å². The summed E-state index contributed by atoms with van der Waals surface area (Å²) in [7, 11) is 1.32. The summed E-state index contributed by atoms with van der Waals surface area (Å²) in [6, 6.07) is 5.81. The summed E-state index contributed by atoms with van der Waals surface area (Å²) in [4.78, 5) is 34.2. The third-order valence-electron chi connectivity index (χ3n) is 4.26. The SMILES string of the molecule is COC(=O)CCC(=O)c1ccc2c(c1)CC(CCNC(C)=O)C2. The molecule has 0 saturated carbocycles. The maximum atomic E-state index is 12.1. The number of methoxy groups -OCH3 is 1. The van der Waals surface area contributed by atoms with Gasteiger partial charge >= 0.3 is 5.97 Å². The Kier molecular flexibility index (Phi) is 5.90. The lowest BCUT2D eigenvalue weighted by molar-refractivity contribution is -0.140. The molecule has 0 spiro atoms. The number of fused-ring (bicyclic) bond motifs is 1. The van der Waals surface area contributed by atoms with Gasteiger partial charge in [-0.25, -0.2) is 0 Å². The van der Waals surface area contributed by atoms with E-state index in [4.69, 9.17) is 0 Å². The number of benzene rings is 1. The summed E-state index contributed by atoms with van der Waals surface area (Å²) in [5.41, 5.74) is 3.15. The van der Waals surface area contributed by atoms with Gasteiger partial charge in [0.05, 0.1) is 13.5 Å². The molecule has 1 atom stereocenters. The molecule has 1 amide bonds. The van der Waals surface area contributed by atoms with Crippen molar-refractivity contribution in [2.45, 2.75) is 39.0 Å². The number of Topliss-reactive ketones (excluding diaryl/α,β-unsaturated/α-hetero) is 1. The van der Waals surface area contributed by atoms with E-state index in [1.54, 1.807) is 0 Å². The number of hydrogen-bond acceptors (Lipinski definition) is 4. The molecule has 0 bridgehead atoms. The number of rotatable bonds is 7. The average molecular weight is 317 g/mol. The smallest absolute Gasteiger partial charge is 0.305 e. The number of ether oxygens (including phenoxy) is 1. The van der Waals surface area contributed by atoms with E-state index in [0.717, 1.165) is 19.3 Å². The van der Waals surface area contributed by atoms with Crippen molar-refractivity contribution in [3.63, 3.8) is 0 Å². The normalized spacial score (nSPS) is 15.8. The third kappa shape index (κ3) is 4.91. The summed E-state index contributed by atoms with van der Waals surface area (Å²) in [5.74, 6) is 0.119. The first kappa shape index (κ1) is 17.2. The Morgan fingerprint density at radius 3 is 2.61 bits per heavy atom. The first-order valence-corrected chi connectivity index (χ1v) is 7.96. The molecule has 1 aliphatic carbocycles. The third-order valence-corrected chi connectivity index (χ3v) is 4.26. The van der Waals surface area contributed by atoms with E-state index in [1.165, 1.54) is 25.2 Å². The van der Waals surface area contributed by atoms with Crippen molar-refractivity contribution >= 4 is 17.7 Å². The van der Waals surface area contributed by atoms with E-state index >= 15 is 0 Å². The van der Waals surface area contributed by atoms with Crippen molar-refractivity contribution in [2.24, 2.45) is 5.92 Å². The van der Waals surface area contributed by atoms with Crippen LogP contribution < -0.4 is 5.32 Å². The van der Waals surface area contributed by atoms with Gasteiger partial charge in [0, 0.05) is 25.5 Å². The molecule has 1 aliphatic rings. The predicted molar refractivity (Wildman–Crippen MR) is 86.2 cm³/mol. The second-order valence-corrected chi connectivity index (χ2v) is 6.03. The van der Waals surface area contributed by atoms with Gasteiger partial charge in [0.2, 0.25) is 5.91 Å². The number of hydrogen-bond donors (Lipinski definition) is 1. The lowest BCUT2D eigenvalue weighted by atomic mass is 10.0. The summed E-state index contributed by atoms with van der Waals surface area (Å²) in [6.07, 6.45) is 3.17. The van der Waals surface area contributed by atoms with Gasteiger partial charge in [0.15, 0.2) is 5.78 Å². The van der Waals surface area contributed by atoms with Crippen molar-refractivity contribution in [3.05, 3.63) is 34.9 Å². The maximum Gasteiger partial charge on any atom is 0.305 e. The Bertz CT molecular complexity index is 609. The van der Waals surface area contributed by atoms with Crippen LogP contribution in [0.2, 0.25) is 0 Å². The molecule has 1 N–H and O–H groups in total. The van der Waals surface area contributed by atoms with Gasteiger partial charge in [0.1, 0.15) is 0 Å². The number of carbonyl (C=O) groups is 3. The first-order chi connectivity index (χ1) is 11.0.